The summed E-state index contributed by atoms with van der Waals surface area (Å²) in [6.07, 6.45) is 2.99. The summed E-state index contributed by atoms with van der Waals surface area (Å²) < 4.78 is 5.11. The van der Waals surface area contributed by atoms with E-state index < -0.39 is 0 Å². The van der Waals surface area contributed by atoms with Crippen molar-refractivity contribution in [2.75, 3.05) is 13.7 Å². The van der Waals surface area contributed by atoms with Crippen LogP contribution in [0.4, 0.5) is 0 Å². The zero-order valence-corrected chi connectivity index (χ0v) is 10.1. The number of phenols is 1. The minimum atomic E-state index is 0.272. The van der Waals surface area contributed by atoms with Gasteiger partial charge in [-0.3, -0.25) is 0 Å². The number of hydrogen-bond donors (Lipinski definition) is 2. The van der Waals surface area contributed by atoms with Gasteiger partial charge in [0, 0.05) is 5.56 Å². The third-order valence-electron chi connectivity index (χ3n) is 2.94. The zero-order chi connectivity index (χ0) is 12.0. The molecule has 0 heterocycles. The van der Waals surface area contributed by atoms with Gasteiger partial charge in [-0.05, 0) is 37.8 Å². The highest BCUT2D eigenvalue weighted by Crippen LogP contribution is 2.37. The Balaban J connectivity index is 2.91. The first kappa shape index (κ1) is 12.8. The first-order valence-electron chi connectivity index (χ1n) is 5.80. The largest absolute Gasteiger partial charge is 0.504 e. The van der Waals surface area contributed by atoms with Gasteiger partial charge in [0.1, 0.15) is 0 Å². The molecule has 1 unspecified atom stereocenters. The highest BCUT2D eigenvalue weighted by Gasteiger charge is 2.15. The molecule has 3 nitrogen and oxygen atoms in total. The number of para-hydroxylation sites is 1. The second kappa shape index (κ2) is 6.38. The average Bonchev–Trinajstić information content (AvgIpc) is 2.32. The van der Waals surface area contributed by atoms with Crippen LogP contribution in [0.2, 0.25) is 0 Å². The smallest absolute Gasteiger partial charge is 0.161 e. The Morgan fingerprint density at radius 1 is 1.44 bits per heavy atom. The summed E-state index contributed by atoms with van der Waals surface area (Å²) in [6.45, 7) is 2.82. The van der Waals surface area contributed by atoms with Gasteiger partial charge < -0.3 is 15.6 Å². The van der Waals surface area contributed by atoms with Crippen molar-refractivity contribution in [3.05, 3.63) is 23.8 Å². The van der Waals surface area contributed by atoms with E-state index in [4.69, 9.17) is 10.5 Å². The van der Waals surface area contributed by atoms with Crippen LogP contribution in [0.3, 0.4) is 0 Å². The van der Waals surface area contributed by atoms with Crippen molar-refractivity contribution in [2.45, 2.75) is 32.1 Å². The summed E-state index contributed by atoms with van der Waals surface area (Å²) in [4.78, 5) is 0. The third kappa shape index (κ3) is 2.89. The van der Waals surface area contributed by atoms with Crippen LogP contribution in [-0.4, -0.2) is 18.8 Å². The summed E-state index contributed by atoms with van der Waals surface area (Å²) in [6, 6.07) is 5.65. The van der Waals surface area contributed by atoms with Gasteiger partial charge in [-0.15, -0.1) is 0 Å². The van der Waals surface area contributed by atoms with Gasteiger partial charge in [0.05, 0.1) is 7.11 Å². The zero-order valence-electron chi connectivity index (χ0n) is 10.1. The van der Waals surface area contributed by atoms with E-state index in [1.54, 1.807) is 13.2 Å². The fraction of sp³-hybridized carbons (Fsp3) is 0.538. The Bertz CT molecular complexity index is 326. The molecule has 0 fully saturated rings. The number of phenolic OH excluding ortho intramolecular Hbond substituents is 1. The van der Waals surface area contributed by atoms with Crippen molar-refractivity contribution in [1.82, 2.24) is 0 Å². The molecule has 0 saturated heterocycles. The standard InChI is InChI=1S/C13H21NO2/c1-3-10(6-5-9-14)11-7-4-8-12(16-2)13(11)15/h4,7-8,10,15H,3,5-6,9,14H2,1-2H3. The molecule has 0 aliphatic rings. The molecular weight excluding hydrogens is 202 g/mol. The molecule has 0 spiro atoms. The van der Waals surface area contributed by atoms with Crippen molar-refractivity contribution < 1.29 is 9.84 Å². The maximum absolute atomic E-state index is 10.0. The summed E-state index contributed by atoms with van der Waals surface area (Å²) in [5.41, 5.74) is 6.48. The number of methoxy groups -OCH3 is 1. The van der Waals surface area contributed by atoms with Crippen LogP contribution in [-0.2, 0) is 0 Å². The normalized spacial score (nSPS) is 12.4. The van der Waals surface area contributed by atoms with Crippen LogP contribution in [0.1, 0.15) is 37.7 Å². The van der Waals surface area contributed by atoms with Crippen molar-refractivity contribution >= 4 is 0 Å². The van der Waals surface area contributed by atoms with Crippen molar-refractivity contribution in [3.63, 3.8) is 0 Å². The highest BCUT2D eigenvalue weighted by atomic mass is 16.5. The van der Waals surface area contributed by atoms with Crippen LogP contribution in [0.25, 0.3) is 0 Å². The molecule has 16 heavy (non-hydrogen) atoms. The Morgan fingerprint density at radius 3 is 2.75 bits per heavy atom. The van der Waals surface area contributed by atoms with Crippen LogP contribution in [0, 0.1) is 0 Å². The van der Waals surface area contributed by atoms with Gasteiger partial charge in [-0.25, -0.2) is 0 Å². The topological polar surface area (TPSA) is 55.5 Å². The molecule has 3 N–H and O–H groups in total. The Morgan fingerprint density at radius 2 is 2.19 bits per heavy atom. The first-order valence-corrected chi connectivity index (χ1v) is 5.80. The van der Waals surface area contributed by atoms with E-state index in [1.807, 2.05) is 12.1 Å². The van der Waals surface area contributed by atoms with E-state index in [9.17, 15) is 5.11 Å². The van der Waals surface area contributed by atoms with Crippen molar-refractivity contribution in [1.29, 1.82) is 0 Å². The molecule has 1 atom stereocenters. The third-order valence-corrected chi connectivity index (χ3v) is 2.94. The van der Waals surface area contributed by atoms with Gasteiger partial charge in [-0.1, -0.05) is 19.1 Å². The molecule has 1 aromatic rings. The number of ether oxygens (including phenoxy) is 1. The Kier molecular flexibility index (Phi) is 5.12. The minimum absolute atomic E-state index is 0.272. The molecule has 90 valence electrons. The molecule has 0 aliphatic carbocycles. The quantitative estimate of drug-likeness (QED) is 0.779. The fourth-order valence-electron chi connectivity index (χ4n) is 1.98. The Labute approximate surface area is 97.2 Å². The molecule has 0 aliphatic heterocycles. The molecule has 1 aromatic carbocycles. The second-order valence-corrected chi connectivity index (χ2v) is 3.93. The monoisotopic (exact) mass is 223 g/mol. The molecular formula is C13H21NO2. The van der Waals surface area contributed by atoms with E-state index in [-0.39, 0.29) is 5.75 Å². The number of nitrogens with two attached hydrogens (primary N) is 1. The lowest BCUT2D eigenvalue weighted by atomic mass is 9.91. The second-order valence-electron chi connectivity index (χ2n) is 3.93. The van der Waals surface area contributed by atoms with Crippen molar-refractivity contribution in [3.8, 4) is 11.5 Å². The van der Waals surface area contributed by atoms with Gasteiger partial charge in [0.15, 0.2) is 11.5 Å². The average molecular weight is 223 g/mol. The number of benzene rings is 1. The fourth-order valence-corrected chi connectivity index (χ4v) is 1.98. The molecule has 0 bridgehead atoms. The number of hydrogen-bond acceptors (Lipinski definition) is 3. The van der Waals surface area contributed by atoms with Crippen LogP contribution in [0.5, 0.6) is 11.5 Å². The summed E-state index contributed by atoms with van der Waals surface area (Å²) in [5, 5.41) is 10.0. The first-order chi connectivity index (χ1) is 7.74. The van der Waals surface area contributed by atoms with Crippen LogP contribution < -0.4 is 10.5 Å². The van der Waals surface area contributed by atoms with Crippen LogP contribution in [0.15, 0.2) is 18.2 Å². The molecule has 0 amide bonds. The van der Waals surface area contributed by atoms with E-state index >= 15 is 0 Å². The minimum Gasteiger partial charge on any atom is -0.504 e. The molecule has 0 radical (unpaired) electrons. The van der Waals surface area contributed by atoms with E-state index in [1.165, 1.54) is 0 Å². The van der Waals surface area contributed by atoms with Gasteiger partial charge in [-0.2, -0.15) is 0 Å². The van der Waals surface area contributed by atoms with Gasteiger partial charge >= 0.3 is 0 Å². The maximum atomic E-state index is 10.0. The highest BCUT2D eigenvalue weighted by molar-refractivity contribution is 5.47. The molecule has 0 saturated carbocycles. The van der Waals surface area contributed by atoms with Gasteiger partial charge in [0.25, 0.3) is 0 Å². The number of rotatable bonds is 6. The van der Waals surface area contributed by atoms with E-state index in [0.717, 1.165) is 24.8 Å². The number of aromatic hydroxyl groups is 1. The van der Waals surface area contributed by atoms with Crippen molar-refractivity contribution in [2.24, 2.45) is 5.73 Å². The SMILES string of the molecule is CCC(CCCN)c1cccc(OC)c1O. The summed E-state index contributed by atoms with van der Waals surface area (Å²) in [7, 11) is 1.57. The molecule has 1 rings (SSSR count). The lowest BCUT2D eigenvalue weighted by Crippen LogP contribution is -2.04. The van der Waals surface area contributed by atoms with Gasteiger partial charge in [0.2, 0.25) is 0 Å². The van der Waals surface area contributed by atoms with Crippen LogP contribution >= 0.6 is 0 Å². The van der Waals surface area contributed by atoms with E-state index in [2.05, 4.69) is 6.92 Å². The lowest BCUT2D eigenvalue weighted by molar-refractivity contribution is 0.367. The summed E-state index contributed by atoms with van der Waals surface area (Å²) in [5.74, 6) is 1.18. The molecule has 0 aromatic heterocycles. The predicted octanol–water partition coefficient (Wildman–Crippen LogP) is 2.63. The summed E-state index contributed by atoms with van der Waals surface area (Å²) >= 11 is 0. The lowest BCUT2D eigenvalue weighted by Gasteiger charge is -2.17. The maximum Gasteiger partial charge on any atom is 0.161 e. The Hall–Kier alpha value is -1.22. The predicted molar refractivity (Wildman–Crippen MR) is 66.0 cm³/mol. The van der Waals surface area contributed by atoms with E-state index in [0.29, 0.717) is 18.2 Å². The molecule has 3 heteroatoms.